The monoisotopic (exact) mass is 211 g/mol. The normalized spacial score (nSPS) is 25.9. The number of Topliss-reactive ketones (excluding diaryl/α,β-unsaturated/α-hetero) is 1. The lowest BCUT2D eigenvalue weighted by atomic mass is 9.90. The van der Waals surface area contributed by atoms with Crippen molar-refractivity contribution in [2.24, 2.45) is 5.92 Å². The van der Waals surface area contributed by atoms with E-state index in [1.54, 1.807) is 0 Å². The summed E-state index contributed by atoms with van der Waals surface area (Å²) in [6.45, 7) is 10.0. The zero-order valence-electron chi connectivity index (χ0n) is 10.6. The maximum Gasteiger partial charge on any atom is 0.135 e. The van der Waals surface area contributed by atoms with Gasteiger partial charge < -0.3 is 0 Å². The van der Waals surface area contributed by atoms with E-state index in [0.717, 1.165) is 25.3 Å². The zero-order valence-corrected chi connectivity index (χ0v) is 10.6. The Hall–Kier alpha value is -0.370. The molecule has 1 aliphatic rings. The Balaban J connectivity index is 2.58. The Morgan fingerprint density at radius 2 is 2.00 bits per heavy atom. The van der Waals surface area contributed by atoms with E-state index in [1.807, 2.05) is 0 Å². The van der Waals surface area contributed by atoms with Gasteiger partial charge in [-0.25, -0.2) is 0 Å². The number of carbonyl (C=O) groups is 1. The Kier molecular flexibility index (Phi) is 4.78. The van der Waals surface area contributed by atoms with E-state index in [0.29, 0.717) is 17.9 Å². The van der Waals surface area contributed by atoms with Crippen molar-refractivity contribution in [3.63, 3.8) is 0 Å². The third kappa shape index (κ3) is 3.04. The summed E-state index contributed by atoms with van der Waals surface area (Å²) in [7, 11) is 0. The van der Waals surface area contributed by atoms with Crippen LogP contribution in [-0.2, 0) is 4.79 Å². The molecule has 2 atom stereocenters. The number of ketones is 1. The third-order valence-corrected chi connectivity index (χ3v) is 3.99. The molecule has 88 valence electrons. The molecule has 0 spiro atoms. The number of rotatable bonds is 4. The average Bonchev–Trinajstić information content (AvgIpc) is 2.19. The number of nitrogens with zero attached hydrogens (tertiary/aromatic N) is 1. The molecule has 2 heteroatoms. The number of hydrogen-bond acceptors (Lipinski definition) is 2. The smallest absolute Gasteiger partial charge is 0.135 e. The van der Waals surface area contributed by atoms with E-state index in [-0.39, 0.29) is 0 Å². The van der Waals surface area contributed by atoms with Gasteiger partial charge in [-0.1, -0.05) is 26.7 Å². The molecule has 1 heterocycles. The Bertz CT molecular complexity index is 211. The number of hydrogen-bond donors (Lipinski definition) is 0. The van der Waals surface area contributed by atoms with Gasteiger partial charge in [-0.3, -0.25) is 9.69 Å². The van der Waals surface area contributed by atoms with Crippen LogP contribution in [-0.4, -0.2) is 29.3 Å². The van der Waals surface area contributed by atoms with Crippen LogP contribution in [0.25, 0.3) is 0 Å². The fourth-order valence-electron chi connectivity index (χ4n) is 2.87. The van der Waals surface area contributed by atoms with Gasteiger partial charge in [0.15, 0.2) is 0 Å². The Labute approximate surface area is 94.0 Å². The zero-order chi connectivity index (χ0) is 11.4. The summed E-state index contributed by atoms with van der Waals surface area (Å²) < 4.78 is 0. The lowest BCUT2D eigenvalue weighted by Crippen LogP contribution is -2.48. The standard InChI is InChI=1S/C13H25NO/c1-5-12(6-2)11(4)14-8-7-13(15)9-10(14)3/h10-12H,5-9H2,1-4H3. The molecule has 0 bridgehead atoms. The minimum Gasteiger partial charge on any atom is -0.300 e. The summed E-state index contributed by atoms with van der Waals surface area (Å²) in [6, 6.07) is 1.07. The van der Waals surface area contributed by atoms with Gasteiger partial charge in [0, 0.05) is 31.5 Å². The lowest BCUT2D eigenvalue weighted by molar-refractivity contribution is -0.123. The molecule has 0 saturated carbocycles. The van der Waals surface area contributed by atoms with Gasteiger partial charge in [0.2, 0.25) is 0 Å². The minimum atomic E-state index is 0.440. The average molecular weight is 211 g/mol. The fraction of sp³-hybridized carbons (Fsp3) is 0.923. The van der Waals surface area contributed by atoms with Gasteiger partial charge in [0.05, 0.1) is 0 Å². The molecule has 0 radical (unpaired) electrons. The van der Waals surface area contributed by atoms with Gasteiger partial charge in [0.25, 0.3) is 0 Å². The molecule has 1 fully saturated rings. The molecule has 0 aromatic carbocycles. The van der Waals surface area contributed by atoms with Crippen LogP contribution >= 0.6 is 0 Å². The number of likely N-dealkylation sites (tertiary alicyclic amines) is 1. The molecule has 0 amide bonds. The second kappa shape index (κ2) is 5.64. The maximum atomic E-state index is 11.3. The first-order chi connectivity index (χ1) is 7.10. The first kappa shape index (κ1) is 12.7. The van der Waals surface area contributed by atoms with Crippen LogP contribution in [0.15, 0.2) is 0 Å². The van der Waals surface area contributed by atoms with Crippen LogP contribution in [0.5, 0.6) is 0 Å². The lowest BCUT2D eigenvalue weighted by Gasteiger charge is -2.40. The Morgan fingerprint density at radius 3 is 2.47 bits per heavy atom. The SMILES string of the molecule is CCC(CC)C(C)N1CCC(=O)CC1C. The second-order valence-electron chi connectivity index (χ2n) is 4.90. The van der Waals surface area contributed by atoms with E-state index in [2.05, 4.69) is 32.6 Å². The summed E-state index contributed by atoms with van der Waals surface area (Å²) in [5.41, 5.74) is 0. The molecule has 15 heavy (non-hydrogen) atoms. The van der Waals surface area contributed by atoms with Gasteiger partial charge in [-0.05, 0) is 19.8 Å². The van der Waals surface area contributed by atoms with E-state index >= 15 is 0 Å². The first-order valence-electron chi connectivity index (χ1n) is 6.37. The molecule has 1 aliphatic heterocycles. The van der Waals surface area contributed by atoms with Crippen molar-refractivity contribution in [3.05, 3.63) is 0 Å². The van der Waals surface area contributed by atoms with Crippen molar-refractivity contribution in [2.75, 3.05) is 6.54 Å². The highest BCUT2D eigenvalue weighted by atomic mass is 16.1. The van der Waals surface area contributed by atoms with Crippen molar-refractivity contribution in [1.82, 2.24) is 4.90 Å². The molecule has 2 unspecified atom stereocenters. The Morgan fingerprint density at radius 1 is 1.40 bits per heavy atom. The highest BCUT2D eigenvalue weighted by Gasteiger charge is 2.29. The summed E-state index contributed by atoms with van der Waals surface area (Å²) >= 11 is 0. The van der Waals surface area contributed by atoms with Crippen LogP contribution in [0.2, 0.25) is 0 Å². The summed E-state index contributed by atoms with van der Waals surface area (Å²) in [5, 5.41) is 0. The van der Waals surface area contributed by atoms with Crippen molar-refractivity contribution >= 4 is 5.78 Å². The van der Waals surface area contributed by atoms with Crippen molar-refractivity contribution in [3.8, 4) is 0 Å². The molecule has 0 aromatic heterocycles. The predicted molar refractivity (Wildman–Crippen MR) is 63.9 cm³/mol. The van der Waals surface area contributed by atoms with Gasteiger partial charge in [-0.2, -0.15) is 0 Å². The van der Waals surface area contributed by atoms with Crippen molar-refractivity contribution in [2.45, 2.75) is 65.5 Å². The fourth-order valence-corrected chi connectivity index (χ4v) is 2.87. The van der Waals surface area contributed by atoms with E-state index in [1.165, 1.54) is 12.8 Å². The molecular weight excluding hydrogens is 186 g/mol. The summed E-state index contributed by atoms with van der Waals surface area (Å²) in [6.07, 6.45) is 4.00. The highest BCUT2D eigenvalue weighted by Crippen LogP contribution is 2.24. The third-order valence-electron chi connectivity index (χ3n) is 3.99. The van der Waals surface area contributed by atoms with Crippen LogP contribution in [0.1, 0.15) is 53.4 Å². The van der Waals surface area contributed by atoms with Crippen molar-refractivity contribution in [1.29, 1.82) is 0 Å². The molecule has 1 rings (SSSR count). The molecular formula is C13H25NO. The molecule has 0 aromatic rings. The van der Waals surface area contributed by atoms with Gasteiger partial charge in [0.1, 0.15) is 5.78 Å². The van der Waals surface area contributed by atoms with Gasteiger partial charge in [-0.15, -0.1) is 0 Å². The van der Waals surface area contributed by atoms with Crippen LogP contribution in [0.4, 0.5) is 0 Å². The minimum absolute atomic E-state index is 0.440. The molecule has 0 aliphatic carbocycles. The topological polar surface area (TPSA) is 20.3 Å². The largest absolute Gasteiger partial charge is 0.300 e. The quantitative estimate of drug-likeness (QED) is 0.712. The highest BCUT2D eigenvalue weighted by molar-refractivity contribution is 5.79. The second-order valence-corrected chi connectivity index (χ2v) is 4.90. The van der Waals surface area contributed by atoms with Gasteiger partial charge >= 0.3 is 0 Å². The van der Waals surface area contributed by atoms with E-state index in [9.17, 15) is 4.79 Å². The number of piperidine rings is 1. The molecule has 1 saturated heterocycles. The van der Waals surface area contributed by atoms with Crippen LogP contribution in [0, 0.1) is 5.92 Å². The number of carbonyl (C=O) groups excluding carboxylic acids is 1. The maximum absolute atomic E-state index is 11.3. The first-order valence-corrected chi connectivity index (χ1v) is 6.37. The predicted octanol–water partition coefficient (Wildman–Crippen LogP) is 2.86. The molecule has 2 nitrogen and oxygen atoms in total. The van der Waals surface area contributed by atoms with Crippen LogP contribution in [0.3, 0.4) is 0 Å². The summed E-state index contributed by atoms with van der Waals surface area (Å²) in [4.78, 5) is 13.9. The van der Waals surface area contributed by atoms with E-state index in [4.69, 9.17) is 0 Å². The van der Waals surface area contributed by atoms with Crippen LogP contribution < -0.4 is 0 Å². The van der Waals surface area contributed by atoms with E-state index < -0.39 is 0 Å². The summed E-state index contributed by atoms with van der Waals surface area (Å²) in [5.74, 6) is 1.22. The van der Waals surface area contributed by atoms with Crippen molar-refractivity contribution < 1.29 is 4.79 Å². The molecule has 0 N–H and O–H groups in total.